The van der Waals surface area contributed by atoms with Gasteiger partial charge in [0.05, 0.1) is 12.6 Å². The molecule has 0 bridgehead atoms. The number of nitrogens with two attached hydrogens (primary N) is 1. The zero-order valence-electron chi connectivity index (χ0n) is 10.7. The molecule has 0 aliphatic rings. The number of ether oxygens (including phenoxy) is 2. The second-order valence-electron chi connectivity index (χ2n) is 3.61. The van der Waals surface area contributed by atoms with Gasteiger partial charge in [0.15, 0.2) is 0 Å². The van der Waals surface area contributed by atoms with Crippen LogP contribution in [0.15, 0.2) is 4.99 Å². The highest BCUT2D eigenvalue weighted by Crippen LogP contribution is 1.97. The molecule has 0 saturated carbocycles. The molecule has 0 aliphatic heterocycles. The molecule has 0 aromatic rings. The van der Waals surface area contributed by atoms with Crippen LogP contribution >= 0.6 is 0 Å². The van der Waals surface area contributed by atoms with Crippen molar-refractivity contribution in [1.82, 2.24) is 10.3 Å². The Hall–Kier alpha value is -0.850. The lowest BCUT2D eigenvalue weighted by molar-refractivity contribution is 0.144. The summed E-state index contributed by atoms with van der Waals surface area (Å²) in [7, 11) is 5.28. The van der Waals surface area contributed by atoms with Crippen LogP contribution in [0.2, 0.25) is 0 Å². The summed E-state index contributed by atoms with van der Waals surface area (Å²) in [5.74, 6) is 6.10. The standard InChI is InChI=1S/C10H24N4O2/c1-9(8-16-4)14(2)10(13-11)12-6-5-7-15-3/h9H,5-8,11H2,1-4H3,(H,12,13). The highest BCUT2D eigenvalue weighted by Gasteiger charge is 2.12. The molecule has 0 aliphatic carbocycles. The summed E-state index contributed by atoms with van der Waals surface area (Å²) >= 11 is 0. The molecule has 1 atom stereocenters. The Morgan fingerprint density at radius 1 is 1.44 bits per heavy atom. The highest BCUT2D eigenvalue weighted by molar-refractivity contribution is 5.79. The third-order valence-electron chi connectivity index (χ3n) is 2.30. The van der Waals surface area contributed by atoms with E-state index in [0.29, 0.717) is 25.7 Å². The number of methoxy groups -OCH3 is 2. The van der Waals surface area contributed by atoms with Gasteiger partial charge in [-0.05, 0) is 13.3 Å². The Kier molecular flexibility index (Phi) is 8.88. The molecule has 16 heavy (non-hydrogen) atoms. The van der Waals surface area contributed by atoms with Crippen LogP contribution in [-0.4, -0.2) is 57.9 Å². The van der Waals surface area contributed by atoms with Crippen LogP contribution in [0.4, 0.5) is 0 Å². The summed E-state index contributed by atoms with van der Waals surface area (Å²) in [6.45, 7) is 4.08. The number of hydrogen-bond acceptors (Lipinski definition) is 4. The number of hydrogen-bond donors (Lipinski definition) is 2. The van der Waals surface area contributed by atoms with E-state index in [-0.39, 0.29) is 6.04 Å². The van der Waals surface area contributed by atoms with E-state index in [9.17, 15) is 0 Å². The fourth-order valence-corrected chi connectivity index (χ4v) is 1.21. The number of rotatable bonds is 7. The fraction of sp³-hybridized carbons (Fsp3) is 0.900. The molecule has 0 amide bonds. The van der Waals surface area contributed by atoms with Gasteiger partial charge in [0, 0.05) is 34.4 Å². The maximum Gasteiger partial charge on any atom is 0.208 e. The summed E-state index contributed by atoms with van der Waals surface area (Å²) in [4.78, 5) is 6.31. The molecule has 0 heterocycles. The molecule has 1 unspecified atom stereocenters. The number of nitrogens with one attached hydrogen (secondary N) is 1. The minimum Gasteiger partial charge on any atom is -0.385 e. The summed E-state index contributed by atoms with van der Waals surface area (Å²) < 4.78 is 10.0. The first-order chi connectivity index (χ1) is 7.67. The second kappa shape index (κ2) is 9.38. The molecule has 0 fully saturated rings. The number of aliphatic imine (C=N–C) groups is 1. The van der Waals surface area contributed by atoms with Gasteiger partial charge in [0.1, 0.15) is 0 Å². The van der Waals surface area contributed by atoms with Gasteiger partial charge in [0.25, 0.3) is 0 Å². The lowest BCUT2D eigenvalue weighted by atomic mass is 10.3. The molecule has 0 radical (unpaired) electrons. The number of hydrazine groups is 1. The van der Waals surface area contributed by atoms with Crippen molar-refractivity contribution in [2.45, 2.75) is 19.4 Å². The lowest BCUT2D eigenvalue weighted by Gasteiger charge is -2.26. The van der Waals surface area contributed by atoms with Gasteiger partial charge < -0.3 is 14.4 Å². The van der Waals surface area contributed by atoms with Crippen molar-refractivity contribution in [1.29, 1.82) is 0 Å². The molecule has 0 spiro atoms. The molecule has 6 nitrogen and oxygen atoms in total. The summed E-state index contributed by atoms with van der Waals surface area (Å²) in [5.41, 5.74) is 2.60. The average Bonchev–Trinajstić information content (AvgIpc) is 2.29. The van der Waals surface area contributed by atoms with Crippen LogP contribution in [0, 0.1) is 0 Å². The van der Waals surface area contributed by atoms with Gasteiger partial charge >= 0.3 is 0 Å². The molecule has 96 valence electrons. The van der Waals surface area contributed by atoms with Gasteiger partial charge in [-0.1, -0.05) is 0 Å². The topological polar surface area (TPSA) is 72.1 Å². The Bertz CT molecular complexity index is 199. The Labute approximate surface area is 97.8 Å². The van der Waals surface area contributed by atoms with Crippen molar-refractivity contribution in [2.24, 2.45) is 10.8 Å². The Balaban J connectivity index is 4.13. The van der Waals surface area contributed by atoms with Crippen molar-refractivity contribution < 1.29 is 9.47 Å². The second-order valence-corrected chi connectivity index (χ2v) is 3.61. The van der Waals surface area contributed by atoms with Crippen LogP contribution < -0.4 is 11.3 Å². The van der Waals surface area contributed by atoms with E-state index >= 15 is 0 Å². The van der Waals surface area contributed by atoms with E-state index in [4.69, 9.17) is 15.3 Å². The van der Waals surface area contributed by atoms with E-state index in [1.807, 2.05) is 18.9 Å². The van der Waals surface area contributed by atoms with Crippen LogP contribution in [0.25, 0.3) is 0 Å². The average molecular weight is 232 g/mol. The molecular weight excluding hydrogens is 208 g/mol. The van der Waals surface area contributed by atoms with Crippen molar-refractivity contribution in [3.63, 3.8) is 0 Å². The maximum atomic E-state index is 5.43. The lowest BCUT2D eigenvalue weighted by Crippen LogP contribution is -2.48. The van der Waals surface area contributed by atoms with E-state index in [1.54, 1.807) is 14.2 Å². The van der Waals surface area contributed by atoms with Crippen molar-refractivity contribution in [2.75, 3.05) is 41.0 Å². The predicted molar refractivity (Wildman–Crippen MR) is 65.2 cm³/mol. The van der Waals surface area contributed by atoms with E-state index in [0.717, 1.165) is 6.42 Å². The predicted octanol–water partition coefficient (Wildman–Crippen LogP) is -0.191. The van der Waals surface area contributed by atoms with Crippen LogP contribution in [0.1, 0.15) is 13.3 Å². The van der Waals surface area contributed by atoms with E-state index in [2.05, 4.69) is 10.4 Å². The minimum atomic E-state index is 0.224. The molecular formula is C10H24N4O2. The van der Waals surface area contributed by atoms with Crippen LogP contribution in [0.3, 0.4) is 0 Å². The van der Waals surface area contributed by atoms with Crippen molar-refractivity contribution in [3.8, 4) is 0 Å². The van der Waals surface area contributed by atoms with Gasteiger partial charge in [-0.3, -0.25) is 10.4 Å². The van der Waals surface area contributed by atoms with Crippen molar-refractivity contribution >= 4 is 5.96 Å². The van der Waals surface area contributed by atoms with Crippen LogP contribution in [0.5, 0.6) is 0 Å². The molecule has 0 aromatic carbocycles. The monoisotopic (exact) mass is 232 g/mol. The Morgan fingerprint density at radius 3 is 2.62 bits per heavy atom. The summed E-state index contributed by atoms with van der Waals surface area (Å²) in [6.07, 6.45) is 0.883. The van der Waals surface area contributed by atoms with Gasteiger partial charge in [-0.25, -0.2) is 5.84 Å². The fourth-order valence-electron chi connectivity index (χ4n) is 1.21. The van der Waals surface area contributed by atoms with Crippen LogP contribution in [-0.2, 0) is 9.47 Å². The molecule has 0 saturated heterocycles. The first kappa shape index (κ1) is 15.2. The highest BCUT2D eigenvalue weighted by atomic mass is 16.5. The van der Waals surface area contributed by atoms with Crippen molar-refractivity contribution in [3.05, 3.63) is 0 Å². The molecule has 0 aromatic heterocycles. The molecule has 6 heteroatoms. The largest absolute Gasteiger partial charge is 0.385 e. The van der Waals surface area contributed by atoms with Gasteiger partial charge in [0.2, 0.25) is 5.96 Å². The smallest absolute Gasteiger partial charge is 0.208 e. The maximum absolute atomic E-state index is 5.43. The summed E-state index contributed by atoms with van der Waals surface area (Å²) in [5, 5.41) is 0. The third kappa shape index (κ3) is 5.89. The number of likely N-dealkylation sites (N-methyl/N-ethyl adjacent to an activating group) is 1. The normalized spacial score (nSPS) is 13.7. The van der Waals surface area contributed by atoms with Gasteiger partial charge in [-0.2, -0.15) is 0 Å². The molecule has 3 N–H and O–H groups in total. The third-order valence-corrected chi connectivity index (χ3v) is 2.30. The quantitative estimate of drug-likeness (QED) is 0.209. The zero-order valence-corrected chi connectivity index (χ0v) is 10.7. The first-order valence-electron chi connectivity index (χ1n) is 5.39. The minimum absolute atomic E-state index is 0.224. The first-order valence-corrected chi connectivity index (χ1v) is 5.39. The Morgan fingerprint density at radius 2 is 2.12 bits per heavy atom. The number of nitrogens with zero attached hydrogens (tertiary/aromatic N) is 2. The van der Waals surface area contributed by atoms with E-state index in [1.165, 1.54) is 0 Å². The SMILES string of the molecule is COCCCN=C(NN)N(C)C(C)COC. The van der Waals surface area contributed by atoms with E-state index < -0.39 is 0 Å². The van der Waals surface area contributed by atoms with Gasteiger partial charge in [-0.15, -0.1) is 0 Å². The number of guanidine groups is 1. The molecule has 0 rings (SSSR count). The zero-order chi connectivity index (χ0) is 12.4. The summed E-state index contributed by atoms with van der Waals surface area (Å²) in [6, 6.07) is 0.224.